The van der Waals surface area contributed by atoms with Crippen LogP contribution in [0.5, 0.6) is 0 Å². The lowest BCUT2D eigenvalue weighted by Crippen LogP contribution is -2.29. The number of pyridine rings is 1. The van der Waals surface area contributed by atoms with Gasteiger partial charge in [-0.25, -0.2) is 0 Å². The smallest absolute Gasteiger partial charge is 0.0562 e. The summed E-state index contributed by atoms with van der Waals surface area (Å²) in [7, 11) is 0. The maximum absolute atomic E-state index is 4.45. The van der Waals surface area contributed by atoms with E-state index in [9.17, 15) is 0 Å². The molecule has 1 aromatic heterocycles. The van der Waals surface area contributed by atoms with E-state index in [-0.39, 0.29) is 0 Å². The Kier molecular flexibility index (Phi) is 3.33. The van der Waals surface area contributed by atoms with Crippen LogP contribution >= 0.6 is 0 Å². The molecule has 2 aliphatic rings. The third-order valence-electron chi connectivity index (χ3n) is 3.65. The van der Waals surface area contributed by atoms with Crippen LogP contribution in [0, 0.1) is 0 Å². The SMILES string of the molecule is CC1=CCCN(c2ccnc(CNC3CC3)c2)C1. The minimum Gasteiger partial charge on any atom is -0.367 e. The van der Waals surface area contributed by atoms with E-state index >= 15 is 0 Å². The van der Waals surface area contributed by atoms with Crippen LogP contribution in [-0.4, -0.2) is 24.1 Å². The molecular weight excluding hydrogens is 222 g/mol. The molecule has 3 rings (SSSR count). The zero-order valence-corrected chi connectivity index (χ0v) is 11.0. The molecule has 96 valence electrons. The topological polar surface area (TPSA) is 28.2 Å². The van der Waals surface area contributed by atoms with Gasteiger partial charge in [-0.3, -0.25) is 4.98 Å². The first kappa shape index (κ1) is 11.7. The number of anilines is 1. The molecule has 1 saturated carbocycles. The number of nitrogens with one attached hydrogen (secondary N) is 1. The van der Waals surface area contributed by atoms with Crippen LogP contribution in [0.3, 0.4) is 0 Å². The Hall–Kier alpha value is -1.35. The fourth-order valence-electron chi connectivity index (χ4n) is 2.43. The van der Waals surface area contributed by atoms with Crippen LogP contribution in [0.25, 0.3) is 0 Å². The van der Waals surface area contributed by atoms with Gasteiger partial charge in [-0.15, -0.1) is 0 Å². The Morgan fingerprint density at radius 2 is 2.33 bits per heavy atom. The zero-order valence-electron chi connectivity index (χ0n) is 11.0. The van der Waals surface area contributed by atoms with Gasteiger partial charge in [-0.05, 0) is 38.3 Å². The third kappa shape index (κ3) is 2.91. The van der Waals surface area contributed by atoms with E-state index < -0.39 is 0 Å². The van der Waals surface area contributed by atoms with Crippen LogP contribution in [0.4, 0.5) is 5.69 Å². The summed E-state index contributed by atoms with van der Waals surface area (Å²) in [5.74, 6) is 0. The second kappa shape index (κ2) is 5.11. The first-order valence-electron chi connectivity index (χ1n) is 6.90. The van der Waals surface area contributed by atoms with Gasteiger partial charge in [0.1, 0.15) is 0 Å². The highest BCUT2D eigenvalue weighted by atomic mass is 15.1. The second-order valence-electron chi connectivity index (χ2n) is 5.42. The van der Waals surface area contributed by atoms with Crippen LogP contribution in [-0.2, 0) is 6.54 Å². The largest absolute Gasteiger partial charge is 0.367 e. The number of rotatable bonds is 4. The Labute approximate surface area is 109 Å². The zero-order chi connectivity index (χ0) is 12.4. The normalized spacial score (nSPS) is 19.8. The standard InChI is InChI=1S/C15H21N3/c1-12-3-2-8-18(11-12)15-6-7-16-14(9-15)10-17-13-4-5-13/h3,6-7,9,13,17H,2,4-5,8,10-11H2,1H3. The van der Waals surface area contributed by atoms with E-state index in [0.717, 1.165) is 37.8 Å². The Bertz CT molecular complexity index is 449. The minimum atomic E-state index is 0.746. The molecule has 0 unspecified atom stereocenters. The Balaban J connectivity index is 1.67. The Morgan fingerprint density at radius 1 is 1.44 bits per heavy atom. The molecule has 0 bridgehead atoms. The highest BCUT2D eigenvalue weighted by Gasteiger charge is 2.20. The minimum absolute atomic E-state index is 0.746. The molecule has 1 aliphatic heterocycles. The average Bonchev–Trinajstić information content (AvgIpc) is 3.21. The first-order chi connectivity index (χ1) is 8.81. The predicted octanol–water partition coefficient (Wildman–Crippen LogP) is 2.49. The fourth-order valence-corrected chi connectivity index (χ4v) is 2.43. The molecule has 2 heterocycles. The second-order valence-corrected chi connectivity index (χ2v) is 5.42. The lowest BCUT2D eigenvalue weighted by Gasteiger charge is -2.28. The average molecular weight is 243 g/mol. The molecule has 0 spiro atoms. The molecule has 3 nitrogen and oxygen atoms in total. The highest BCUT2D eigenvalue weighted by Crippen LogP contribution is 2.21. The highest BCUT2D eigenvalue weighted by molar-refractivity contribution is 5.48. The number of nitrogens with zero attached hydrogens (tertiary/aromatic N) is 2. The van der Waals surface area contributed by atoms with Gasteiger partial charge >= 0.3 is 0 Å². The summed E-state index contributed by atoms with van der Waals surface area (Å²) >= 11 is 0. The molecular formula is C15H21N3. The molecule has 18 heavy (non-hydrogen) atoms. The van der Waals surface area contributed by atoms with Crippen molar-refractivity contribution in [3.63, 3.8) is 0 Å². The van der Waals surface area contributed by atoms with Crippen LogP contribution in [0.2, 0.25) is 0 Å². The fraction of sp³-hybridized carbons (Fsp3) is 0.533. The van der Waals surface area contributed by atoms with Gasteiger partial charge in [0.05, 0.1) is 5.69 Å². The molecule has 1 N–H and O–H groups in total. The van der Waals surface area contributed by atoms with E-state index in [4.69, 9.17) is 0 Å². The van der Waals surface area contributed by atoms with Gasteiger partial charge < -0.3 is 10.2 Å². The van der Waals surface area contributed by atoms with Crippen molar-refractivity contribution in [1.82, 2.24) is 10.3 Å². The van der Waals surface area contributed by atoms with Crippen molar-refractivity contribution >= 4 is 5.69 Å². The summed E-state index contributed by atoms with van der Waals surface area (Å²) in [5, 5.41) is 3.52. The van der Waals surface area contributed by atoms with Gasteiger partial charge in [-0.1, -0.05) is 11.6 Å². The molecule has 0 atom stereocenters. The monoisotopic (exact) mass is 243 g/mol. The van der Waals surface area contributed by atoms with E-state index in [2.05, 4.69) is 40.3 Å². The van der Waals surface area contributed by atoms with Crippen molar-refractivity contribution in [1.29, 1.82) is 0 Å². The number of aromatic nitrogens is 1. The third-order valence-corrected chi connectivity index (χ3v) is 3.65. The first-order valence-corrected chi connectivity index (χ1v) is 6.90. The van der Waals surface area contributed by atoms with Crippen molar-refractivity contribution in [2.75, 3.05) is 18.0 Å². The summed E-state index contributed by atoms with van der Waals surface area (Å²) in [5.41, 5.74) is 3.94. The van der Waals surface area contributed by atoms with Crippen molar-refractivity contribution in [3.05, 3.63) is 35.7 Å². The summed E-state index contributed by atoms with van der Waals surface area (Å²) < 4.78 is 0. The summed E-state index contributed by atoms with van der Waals surface area (Å²) in [6, 6.07) is 5.10. The molecule has 0 radical (unpaired) electrons. The molecule has 1 aromatic rings. The molecule has 0 saturated heterocycles. The van der Waals surface area contributed by atoms with Gasteiger partial charge in [0, 0.05) is 37.6 Å². The van der Waals surface area contributed by atoms with E-state index in [1.807, 2.05) is 6.20 Å². The molecule has 0 aromatic carbocycles. The summed E-state index contributed by atoms with van der Waals surface area (Å²) in [6.07, 6.45) is 8.09. The van der Waals surface area contributed by atoms with Gasteiger partial charge in [-0.2, -0.15) is 0 Å². The molecule has 1 aliphatic carbocycles. The predicted molar refractivity (Wildman–Crippen MR) is 74.7 cm³/mol. The van der Waals surface area contributed by atoms with Crippen molar-refractivity contribution in [3.8, 4) is 0 Å². The van der Waals surface area contributed by atoms with Gasteiger partial charge in [0.2, 0.25) is 0 Å². The van der Waals surface area contributed by atoms with E-state index in [0.29, 0.717) is 0 Å². The molecule has 3 heteroatoms. The van der Waals surface area contributed by atoms with Crippen molar-refractivity contribution in [2.45, 2.75) is 38.8 Å². The molecule has 0 amide bonds. The van der Waals surface area contributed by atoms with Crippen LogP contribution < -0.4 is 10.2 Å². The number of hydrogen-bond donors (Lipinski definition) is 1. The summed E-state index contributed by atoms with van der Waals surface area (Å²) in [6.45, 7) is 5.29. The van der Waals surface area contributed by atoms with Gasteiger partial charge in [0.15, 0.2) is 0 Å². The maximum Gasteiger partial charge on any atom is 0.0562 e. The quantitative estimate of drug-likeness (QED) is 0.824. The van der Waals surface area contributed by atoms with E-state index in [1.54, 1.807) is 0 Å². The van der Waals surface area contributed by atoms with Gasteiger partial charge in [0.25, 0.3) is 0 Å². The van der Waals surface area contributed by atoms with Crippen LogP contribution in [0.15, 0.2) is 30.0 Å². The number of hydrogen-bond acceptors (Lipinski definition) is 3. The van der Waals surface area contributed by atoms with E-state index in [1.165, 1.54) is 24.1 Å². The van der Waals surface area contributed by atoms with Crippen LogP contribution in [0.1, 0.15) is 31.9 Å². The lowest BCUT2D eigenvalue weighted by molar-refractivity contribution is 0.673. The van der Waals surface area contributed by atoms with Crippen molar-refractivity contribution in [2.24, 2.45) is 0 Å². The van der Waals surface area contributed by atoms with Crippen molar-refractivity contribution < 1.29 is 0 Å². The molecule has 1 fully saturated rings. The maximum atomic E-state index is 4.45. The Morgan fingerprint density at radius 3 is 3.11 bits per heavy atom. The lowest BCUT2D eigenvalue weighted by atomic mass is 10.1. The summed E-state index contributed by atoms with van der Waals surface area (Å²) in [4.78, 5) is 6.89.